The van der Waals surface area contributed by atoms with Gasteiger partial charge in [-0.25, -0.2) is 14.8 Å². The standard InChI is InChI=1S/C10H14N4O2/c1-16-10(15)14-6-3-8(7-14)13-9-11-4-2-5-12-9/h2,4-5,8H,3,6-7H2,1H3,(H,11,12,13). The predicted molar refractivity (Wildman–Crippen MR) is 58.0 cm³/mol. The molecule has 1 aromatic heterocycles. The average molecular weight is 222 g/mol. The van der Waals surface area contributed by atoms with Gasteiger partial charge in [0, 0.05) is 31.5 Å². The Bertz CT molecular complexity index is 357. The molecular weight excluding hydrogens is 208 g/mol. The Balaban J connectivity index is 1.88. The molecule has 1 aliphatic rings. The Morgan fingerprint density at radius 3 is 3.00 bits per heavy atom. The van der Waals surface area contributed by atoms with E-state index in [1.807, 2.05) is 0 Å². The molecule has 0 spiro atoms. The van der Waals surface area contributed by atoms with Gasteiger partial charge in [0.2, 0.25) is 5.95 Å². The van der Waals surface area contributed by atoms with Crippen LogP contribution in [0.2, 0.25) is 0 Å². The number of likely N-dealkylation sites (tertiary alicyclic amines) is 1. The van der Waals surface area contributed by atoms with Crippen molar-refractivity contribution < 1.29 is 9.53 Å². The van der Waals surface area contributed by atoms with Crippen LogP contribution >= 0.6 is 0 Å². The van der Waals surface area contributed by atoms with Crippen molar-refractivity contribution in [3.8, 4) is 0 Å². The minimum atomic E-state index is -0.279. The number of ether oxygens (including phenoxy) is 1. The fourth-order valence-electron chi connectivity index (χ4n) is 1.73. The Morgan fingerprint density at radius 2 is 2.31 bits per heavy atom. The van der Waals surface area contributed by atoms with Crippen LogP contribution in [0.1, 0.15) is 6.42 Å². The third-order valence-corrected chi connectivity index (χ3v) is 2.52. The number of carbonyl (C=O) groups excluding carboxylic acids is 1. The second-order valence-corrected chi connectivity index (χ2v) is 3.62. The number of rotatable bonds is 2. The molecule has 1 amide bonds. The van der Waals surface area contributed by atoms with E-state index >= 15 is 0 Å². The minimum absolute atomic E-state index is 0.196. The number of hydrogen-bond acceptors (Lipinski definition) is 5. The summed E-state index contributed by atoms with van der Waals surface area (Å²) in [4.78, 5) is 21.1. The first-order chi connectivity index (χ1) is 7.79. The Morgan fingerprint density at radius 1 is 1.56 bits per heavy atom. The smallest absolute Gasteiger partial charge is 0.409 e. The third-order valence-electron chi connectivity index (χ3n) is 2.52. The molecule has 0 bridgehead atoms. The van der Waals surface area contributed by atoms with E-state index in [2.05, 4.69) is 20.0 Å². The van der Waals surface area contributed by atoms with Crippen molar-refractivity contribution in [1.29, 1.82) is 0 Å². The number of carbonyl (C=O) groups is 1. The molecule has 0 aliphatic carbocycles. The summed E-state index contributed by atoms with van der Waals surface area (Å²) in [5, 5.41) is 3.18. The number of nitrogens with zero attached hydrogens (tertiary/aromatic N) is 3. The molecule has 1 unspecified atom stereocenters. The van der Waals surface area contributed by atoms with Crippen LogP contribution in [-0.2, 0) is 4.74 Å². The predicted octanol–water partition coefficient (Wildman–Crippen LogP) is 0.729. The first-order valence-corrected chi connectivity index (χ1v) is 5.16. The molecule has 1 aliphatic heterocycles. The molecule has 2 rings (SSSR count). The molecule has 6 heteroatoms. The highest BCUT2D eigenvalue weighted by atomic mass is 16.5. The molecule has 6 nitrogen and oxygen atoms in total. The van der Waals surface area contributed by atoms with E-state index in [4.69, 9.17) is 0 Å². The van der Waals surface area contributed by atoms with Gasteiger partial charge in [-0.15, -0.1) is 0 Å². The monoisotopic (exact) mass is 222 g/mol. The highest BCUT2D eigenvalue weighted by Crippen LogP contribution is 2.13. The molecule has 1 atom stereocenters. The van der Waals surface area contributed by atoms with Gasteiger partial charge < -0.3 is 15.0 Å². The molecule has 86 valence electrons. The molecule has 0 radical (unpaired) electrons. The first-order valence-electron chi connectivity index (χ1n) is 5.16. The second kappa shape index (κ2) is 4.78. The quantitative estimate of drug-likeness (QED) is 0.799. The largest absolute Gasteiger partial charge is 0.453 e. The zero-order valence-corrected chi connectivity index (χ0v) is 9.09. The zero-order valence-electron chi connectivity index (χ0n) is 9.09. The summed E-state index contributed by atoms with van der Waals surface area (Å²) in [6.45, 7) is 1.34. The lowest BCUT2D eigenvalue weighted by Gasteiger charge is -2.15. The molecule has 1 fully saturated rings. The van der Waals surface area contributed by atoms with Crippen molar-refractivity contribution in [2.45, 2.75) is 12.5 Å². The van der Waals surface area contributed by atoms with Crippen LogP contribution in [0.15, 0.2) is 18.5 Å². The fourth-order valence-corrected chi connectivity index (χ4v) is 1.73. The molecular formula is C10H14N4O2. The molecule has 2 heterocycles. The maximum atomic E-state index is 11.3. The average Bonchev–Trinajstić information content (AvgIpc) is 2.78. The van der Waals surface area contributed by atoms with Crippen molar-refractivity contribution in [2.75, 3.05) is 25.5 Å². The van der Waals surface area contributed by atoms with E-state index in [0.717, 1.165) is 6.42 Å². The number of amides is 1. The lowest BCUT2D eigenvalue weighted by atomic mass is 10.3. The van der Waals surface area contributed by atoms with Crippen molar-refractivity contribution in [3.05, 3.63) is 18.5 Å². The summed E-state index contributed by atoms with van der Waals surface area (Å²) < 4.78 is 4.66. The van der Waals surface area contributed by atoms with E-state index in [9.17, 15) is 4.79 Å². The van der Waals surface area contributed by atoms with Gasteiger partial charge in [-0.1, -0.05) is 0 Å². The Labute approximate surface area is 93.6 Å². The zero-order chi connectivity index (χ0) is 11.4. The maximum Gasteiger partial charge on any atom is 0.409 e. The van der Waals surface area contributed by atoms with E-state index in [1.54, 1.807) is 23.4 Å². The van der Waals surface area contributed by atoms with Crippen LogP contribution in [0.3, 0.4) is 0 Å². The number of methoxy groups -OCH3 is 1. The summed E-state index contributed by atoms with van der Waals surface area (Å²) in [5.41, 5.74) is 0. The molecule has 1 aromatic rings. The van der Waals surface area contributed by atoms with E-state index < -0.39 is 0 Å². The van der Waals surface area contributed by atoms with Gasteiger partial charge in [-0.05, 0) is 12.5 Å². The van der Waals surface area contributed by atoms with Gasteiger partial charge in [0.05, 0.1) is 7.11 Å². The lowest BCUT2D eigenvalue weighted by Crippen LogP contribution is -2.31. The summed E-state index contributed by atoms with van der Waals surface area (Å²) in [6, 6.07) is 1.96. The molecule has 0 saturated carbocycles. The lowest BCUT2D eigenvalue weighted by molar-refractivity contribution is 0.132. The Kier molecular flexibility index (Phi) is 3.19. The highest BCUT2D eigenvalue weighted by molar-refractivity contribution is 5.67. The summed E-state index contributed by atoms with van der Waals surface area (Å²) >= 11 is 0. The van der Waals surface area contributed by atoms with Crippen molar-refractivity contribution in [2.24, 2.45) is 0 Å². The number of anilines is 1. The summed E-state index contributed by atoms with van der Waals surface area (Å²) in [6.07, 6.45) is 3.97. The maximum absolute atomic E-state index is 11.3. The number of aromatic nitrogens is 2. The van der Waals surface area contributed by atoms with Crippen LogP contribution in [0.5, 0.6) is 0 Å². The highest BCUT2D eigenvalue weighted by Gasteiger charge is 2.26. The summed E-state index contributed by atoms with van der Waals surface area (Å²) in [5.74, 6) is 0.596. The number of hydrogen-bond donors (Lipinski definition) is 1. The van der Waals surface area contributed by atoms with Crippen molar-refractivity contribution in [1.82, 2.24) is 14.9 Å². The SMILES string of the molecule is COC(=O)N1CCC(Nc2ncccn2)C1. The van der Waals surface area contributed by atoms with E-state index in [1.165, 1.54) is 7.11 Å². The Hall–Kier alpha value is -1.85. The second-order valence-electron chi connectivity index (χ2n) is 3.62. The van der Waals surface area contributed by atoms with Gasteiger partial charge in [-0.3, -0.25) is 0 Å². The molecule has 1 saturated heterocycles. The molecule has 16 heavy (non-hydrogen) atoms. The van der Waals surface area contributed by atoms with Crippen molar-refractivity contribution in [3.63, 3.8) is 0 Å². The van der Waals surface area contributed by atoms with Crippen LogP contribution < -0.4 is 5.32 Å². The van der Waals surface area contributed by atoms with Gasteiger partial charge in [0.25, 0.3) is 0 Å². The third kappa shape index (κ3) is 2.39. The normalized spacial score (nSPS) is 19.6. The van der Waals surface area contributed by atoms with Gasteiger partial charge >= 0.3 is 6.09 Å². The van der Waals surface area contributed by atoms with E-state index in [0.29, 0.717) is 19.0 Å². The van der Waals surface area contributed by atoms with E-state index in [-0.39, 0.29) is 12.1 Å². The van der Waals surface area contributed by atoms with Crippen LogP contribution in [-0.4, -0.2) is 47.2 Å². The first kappa shape index (κ1) is 10.7. The number of nitrogens with one attached hydrogen (secondary N) is 1. The van der Waals surface area contributed by atoms with Gasteiger partial charge in [-0.2, -0.15) is 0 Å². The van der Waals surface area contributed by atoms with Crippen LogP contribution in [0, 0.1) is 0 Å². The molecule has 1 N–H and O–H groups in total. The minimum Gasteiger partial charge on any atom is -0.453 e. The van der Waals surface area contributed by atoms with Crippen molar-refractivity contribution >= 4 is 12.0 Å². The topological polar surface area (TPSA) is 67.3 Å². The van der Waals surface area contributed by atoms with Crippen LogP contribution in [0.4, 0.5) is 10.7 Å². The fraction of sp³-hybridized carbons (Fsp3) is 0.500. The summed E-state index contributed by atoms with van der Waals surface area (Å²) in [7, 11) is 1.39. The molecule has 0 aromatic carbocycles. The van der Waals surface area contributed by atoms with Gasteiger partial charge in [0.1, 0.15) is 0 Å². The van der Waals surface area contributed by atoms with Crippen LogP contribution in [0.25, 0.3) is 0 Å². The van der Waals surface area contributed by atoms with Gasteiger partial charge in [0.15, 0.2) is 0 Å².